The van der Waals surface area contributed by atoms with Gasteiger partial charge in [0.05, 0.1) is 5.54 Å². The molecule has 122 valence electrons. The standard InChI is InChI=1S/C17H27N3OS/c1-13(20-9-5-15-14(12-20)6-10-22-15)11-19-16(21)17(18)7-3-2-4-8-17/h6,10,13H,2-5,7-9,11-12,18H2,1H3,(H,19,21). The van der Waals surface area contributed by atoms with E-state index in [2.05, 4.69) is 28.6 Å². The summed E-state index contributed by atoms with van der Waals surface area (Å²) in [7, 11) is 0. The highest BCUT2D eigenvalue weighted by molar-refractivity contribution is 7.10. The molecule has 1 aromatic rings. The van der Waals surface area contributed by atoms with E-state index < -0.39 is 5.54 Å². The molecule has 5 heteroatoms. The van der Waals surface area contributed by atoms with Gasteiger partial charge >= 0.3 is 0 Å². The highest BCUT2D eigenvalue weighted by Crippen LogP contribution is 2.27. The van der Waals surface area contributed by atoms with Gasteiger partial charge in [0.15, 0.2) is 0 Å². The molecule has 0 spiro atoms. The Morgan fingerprint density at radius 1 is 1.45 bits per heavy atom. The van der Waals surface area contributed by atoms with E-state index in [4.69, 9.17) is 5.73 Å². The highest BCUT2D eigenvalue weighted by atomic mass is 32.1. The third-order valence-electron chi connectivity index (χ3n) is 5.22. The normalized spacial score (nSPS) is 22.8. The summed E-state index contributed by atoms with van der Waals surface area (Å²) in [5.41, 5.74) is 7.12. The fraction of sp³-hybridized carbons (Fsp3) is 0.706. The van der Waals surface area contributed by atoms with E-state index in [0.717, 1.165) is 45.2 Å². The zero-order valence-electron chi connectivity index (χ0n) is 13.4. The fourth-order valence-electron chi connectivity index (χ4n) is 3.60. The van der Waals surface area contributed by atoms with Crippen LogP contribution in [0.4, 0.5) is 0 Å². The molecule has 1 aliphatic carbocycles. The van der Waals surface area contributed by atoms with Crippen LogP contribution in [0.5, 0.6) is 0 Å². The Morgan fingerprint density at radius 2 is 2.23 bits per heavy atom. The maximum absolute atomic E-state index is 12.4. The molecule has 2 heterocycles. The van der Waals surface area contributed by atoms with Gasteiger partial charge in [-0.15, -0.1) is 11.3 Å². The zero-order valence-corrected chi connectivity index (χ0v) is 14.3. The first-order valence-electron chi connectivity index (χ1n) is 8.45. The van der Waals surface area contributed by atoms with Gasteiger partial charge in [-0.2, -0.15) is 0 Å². The lowest BCUT2D eigenvalue weighted by Crippen LogP contribution is -2.57. The molecule has 0 bridgehead atoms. The second-order valence-electron chi connectivity index (χ2n) is 6.87. The van der Waals surface area contributed by atoms with Crippen molar-refractivity contribution in [1.29, 1.82) is 0 Å². The molecular weight excluding hydrogens is 294 g/mol. The smallest absolute Gasteiger partial charge is 0.240 e. The molecule has 0 aromatic carbocycles. The lowest BCUT2D eigenvalue weighted by atomic mass is 9.82. The summed E-state index contributed by atoms with van der Waals surface area (Å²) in [4.78, 5) is 16.4. The molecule has 22 heavy (non-hydrogen) atoms. The minimum absolute atomic E-state index is 0.0484. The van der Waals surface area contributed by atoms with Gasteiger partial charge in [0.2, 0.25) is 5.91 Å². The molecule has 0 saturated heterocycles. The molecule has 1 unspecified atom stereocenters. The van der Waals surface area contributed by atoms with E-state index in [9.17, 15) is 4.79 Å². The topological polar surface area (TPSA) is 58.4 Å². The van der Waals surface area contributed by atoms with Crippen molar-refractivity contribution in [2.75, 3.05) is 13.1 Å². The van der Waals surface area contributed by atoms with Crippen LogP contribution in [-0.2, 0) is 17.8 Å². The second-order valence-corrected chi connectivity index (χ2v) is 7.87. The van der Waals surface area contributed by atoms with Gasteiger partial charge in [0.1, 0.15) is 0 Å². The number of carbonyl (C=O) groups is 1. The van der Waals surface area contributed by atoms with Crippen molar-refractivity contribution in [3.63, 3.8) is 0 Å². The second kappa shape index (κ2) is 6.69. The van der Waals surface area contributed by atoms with E-state index in [1.54, 1.807) is 0 Å². The Morgan fingerprint density at radius 3 is 3.00 bits per heavy atom. The number of nitrogens with zero attached hydrogens (tertiary/aromatic N) is 1. The maximum Gasteiger partial charge on any atom is 0.240 e. The summed E-state index contributed by atoms with van der Waals surface area (Å²) < 4.78 is 0. The van der Waals surface area contributed by atoms with Crippen LogP contribution < -0.4 is 11.1 Å². The van der Waals surface area contributed by atoms with Crippen LogP contribution in [0.2, 0.25) is 0 Å². The number of nitrogens with two attached hydrogens (primary N) is 1. The molecule has 2 aliphatic rings. The van der Waals surface area contributed by atoms with Crippen molar-refractivity contribution >= 4 is 17.2 Å². The van der Waals surface area contributed by atoms with Gasteiger partial charge in [0.25, 0.3) is 0 Å². The molecule has 3 N–H and O–H groups in total. The summed E-state index contributed by atoms with van der Waals surface area (Å²) in [6, 6.07) is 2.58. The van der Waals surface area contributed by atoms with Gasteiger partial charge in [-0.3, -0.25) is 9.69 Å². The van der Waals surface area contributed by atoms with E-state index in [1.807, 2.05) is 11.3 Å². The minimum Gasteiger partial charge on any atom is -0.353 e. The number of hydrogen-bond acceptors (Lipinski definition) is 4. The number of hydrogen-bond donors (Lipinski definition) is 2. The maximum atomic E-state index is 12.4. The van der Waals surface area contributed by atoms with Gasteiger partial charge in [0, 0.05) is 30.6 Å². The lowest BCUT2D eigenvalue weighted by Gasteiger charge is -2.35. The van der Waals surface area contributed by atoms with E-state index in [1.165, 1.54) is 16.9 Å². The lowest BCUT2D eigenvalue weighted by molar-refractivity contribution is -0.127. The Balaban J connectivity index is 1.50. The molecule has 1 amide bonds. The number of nitrogens with one attached hydrogen (secondary N) is 1. The van der Waals surface area contributed by atoms with Crippen LogP contribution in [0.25, 0.3) is 0 Å². The van der Waals surface area contributed by atoms with Crippen LogP contribution in [0.3, 0.4) is 0 Å². The minimum atomic E-state index is -0.625. The van der Waals surface area contributed by atoms with Crippen molar-refractivity contribution in [3.05, 3.63) is 21.9 Å². The number of carbonyl (C=O) groups excluding carboxylic acids is 1. The van der Waals surface area contributed by atoms with Gasteiger partial charge < -0.3 is 11.1 Å². The number of rotatable bonds is 4. The van der Waals surface area contributed by atoms with Crippen molar-refractivity contribution in [1.82, 2.24) is 10.2 Å². The van der Waals surface area contributed by atoms with Gasteiger partial charge in [-0.25, -0.2) is 0 Å². The molecule has 0 radical (unpaired) electrons. The molecule has 3 rings (SSSR count). The summed E-state index contributed by atoms with van der Waals surface area (Å²) in [6.45, 7) is 4.97. The van der Waals surface area contributed by atoms with Crippen LogP contribution >= 0.6 is 11.3 Å². The van der Waals surface area contributed by atoms with Crippen LogP contribution in [0.1, 0.15) is 49.5 Å². The molecule has 1 aliphatic heterocycles. The molecule has 4 nitrogen and oxygen atoms in total. The van der Waals surface area contributed by atoms with Gasteiger partial charge in [-0.05, 0) is 43.2 Å². The van der Waals surface area contributed by atoms with Crippen LogP contribution in [-0.4, -0.2) is 35.5 Å². The van der Waals surface area contributed by atoms with Crippen molar-refractivity contribution in [3.8, 4) is 0 Å². The number of amides is 1. The van der Waals surface area contributed by atoms with E-state index >= 15 is 0 Å². The summed E-state index contributed by atoms with van der Waals surface area (Å²) in [6.07, 6.45) is 6.15. The number of thiophene rings is 1. The van der Waals surface area contributed by atoms with E-state index in [0.29, 0.717) is 12.6 Å². The van der Waals surface area contributed by atoms with Gasteiger partial charge in [-0.1, -0.05) is 19.3 Å². The van der Waals surface area contributed by atoms with Crippen LogP contribution in [0, 0.1) is 0 Å². The average Bonchev–Trinajstić information content (AvgIpc) is 3.00. The van der Waals surface area contributed by atoms with Crippen molar-refractivity contribution < 1.29 is 4.79 Å². The Hall–Kier alpha value is -0.910. The van der Waals surface area contributed by atoms with Crippen LogP contribution in [0.15, 0.2) is 11.4 Å². The largest absolute Gasteiger partial charge is 0.353 e. The Bertz CT molecular complexity index is 522. The molecule has 1 aromatic heterocycles. The third-order valence-corrected chi connectivity index (χ3v) is 6.24. The SMILES string of the molecule is CC(CNC(=O)C1(N)CCCCC1)N1CCc2sccc2C1. The summed E-state index contributed by atoms with van der Waals surface area (Å²) >= 11 is 1.86. The average molecular weight is 321 g/mol. The fourth-order valence-corrected chi connectivity index (χ4v) is 4.49. The Labute approximate surface area is 137 Å². The number of fused-ring (bicyclic) bond motifs is 1. The monoisotopic (exact) mass is 321 g/mol. The third kappa shape index (κ3) is 3.36. The predicted octanol–water partition coefficient (Wildman–Crippen LogP) is 2.27. The highest BCUT2D eigenvalue weighted by Gasteiger charge is 2.35. The quantitative estimate of drug-likeness (QED) is 0.894. The van der Waals surface area contributed by atoms with E-state index in [-0.39, 0.29) is 5.91 Å². The first-order valence-corrected chi connectivity index (χ1v) is 9.33. The molecule has 1 saturated carbocycles. The molecule has 1 atom stereocenters. The molecular formula is C17H27N3OS. The zero-order chi connectivity index (χ0) is 15.6. The summed E-state index contributed by atoms with van der Waals surface area (Å²) in [5, 5.41) is 5.29. The summed E-state index contributed by atoms with van der Waals surface area (Å²) in [5.74, 6) is 0.0484. The van der Waals surface area contributed by atoms with Crippen molar-refractivity contribution in [2.45, 2.75) is 63.6 Å². The first-order chi connectivity index (χ1) is 10.6. The Kier molecular flexibility index (Phi) is 4.85. The van der Waals surface area contributed by atoms with Crippen molar-refractivity contribution in [2.24, 2.45) is 5.73 Å². The molecule has 1 fully saturated rings. The predicted molar refractivity (Wildman–Crippen MR) is 90.9 cm³/mol. The first kappa shape index (κ1) is 16.0.